The lowest BCUT2D eigenvalue weighted by Gasteiger charge is -2.26. The maximum Gasteiger partial charge on any atom is 0.326 e. The Balaban J connectivity index is 2.26. The van der Waals surface area contributed by atoms with Crippen molar-refractivity contribution in [1.82, 2.24) is 18.7 Å². The van der Waals surface area contributed by atoms with Crippen LogP contribution in [0.4, 0.5) is 0 Å². The number of ether oxygens (including phenoxy) is 1. The Kier molecular flexibility index (Phi) is 8.29. The van der Waals surface area contributed by atoms with Crippen LogP contribution in [0.15, 0.2) is 17.2 Å². The van der Waals surface area contributed by atoms with E-state index in [4.69, 9.17) is 4.74 Å². The van der Waals surface area contributed by atoms with Crippen LogP contribution in [0, 0.1) is 0 Å². The quantitative estimate of drug-likeness (QED) is 0.551. The minimum Gasteiger partial charge on any atom is -0.459 e. The standard InChI is InChI=1S/C21H36N4O5S/c1-21(2,3)30-19(26)16-24(13-12-22(4)5)20(27)18-14-17(15-23(18)6)31(28,29)25-10-8-7-9-11-25/h14-15H,7-13,16H2,1-6H3. The number of piperidine rings is 1. The van der Waals surface area contributed by atoms with E-state index in [9.17, 15) is 18.0 Å². The minimum atomic E-state index is -3.65. The van der Waals surface area contributed by atoms with Gasteiger partial charge >= 0.3 is 5.97 Å². The first kappa shape index (κ1) is 25.4. The third-order valence-corrected chi connectivity index (χ3v) is 6.86. The molecule has 2 rings (SSSR count). The van der Waals surface area contributed by atoms with Crippen LogP contribution in [0.5, 0.6) is 0 Å². The van der Waals surface area contributed by atoms with Gasteiger partial charge in [-0.1, -0.05) is 6.42 Å². The van der Waals surface area contributed by atoms with Gasteiger partial charge in [-0.15, -0.1) is 0 Å². The largest absolute Gasteiger partial charge is 0.459 e. The van der Waals surface area contributed by atoms with Gasteiger partial charge in [0.15, 0.2) is 0 Å². The molecule has 0 atom stereocenters. The number of aromatic nitrogens is 1. The van der Waals surface area contributed by atoms with E-state index in [2.05, 4.69) is 0 Å². The van der Waals surface area contributed by atoms with Crippen molar-refractivity contribution in [3.05, 3.63) is 18.0 Å². The van der Waals surface area contributed by atoms with Crippen molar-refractivity contribution < 1.29 is 22.7 Å². The monoisotopic (exact) mass is 456 g/mol. The smallest absolute Gasteiger partial charge is 0.326 e. The summed E-state index contributed by atoms with van der Waals surface area (Å²) in [6.45, 7) is 6.96. The summed E-state index contributed by atoms with van der Waals surface area (Å²) < 4.78 is 34.4. The van der Waals surface area contributed by atoms with Crippen LogP contribution < -0.4 is 0 Å². The third-order valence-electron chi connectivity index (χ3n) is 5.00. The molecule has 10 heteroatoms. The number of nitrogens with zero attached hydrogens (tertiary/aromatic N) is 4. The zero-order valence-electron chi connectivity index (χ0n) is 19.5. The number of carbonyl (C=O) groups is 2. The van der Waals surface area contributed by atoms with E-state index in [1.54, 1.807) is 27.8 Å². The van der Waals surface area contributed by atoms with Crippen molar-refractivity contribution in [3.8, 4) is 0 Å². The highest BCUT2D eigenvalue weighted by molar-refractivity contribution is 7.89. The molecule has 0 radical (unpaired) electrons. The summed E-state index contributed by atoms with van der Waals surface area (Å²) in [7, 11) is 1.74. The molecule has 2 heterocycles. The van der Waals surface area contributed by atoms with Gasteiger partial charge in [-0.25, -0.2) is 8.42 Å². The van der Waals surface area contributed by atoms with Crippen molar-refractivity contribution >= 4 is 21.9 Å². The fourth-order valence-electron chi connectivity index (χ4n) is 3.41. The average molecular weight is 457 g/mol. The number of hydrogen-bond donors (Lipinski definition) is 0. The number of esters is 1. The van der Waals surface area contributed by atoms with Crippen LogP contribution in [0.25, 0.3) is 0 Å². The summed E-state index contributed by atoms with van der Waals surface area (Å²) >= 11 is 0. The Labute approximate surface area is 186 Å². The molecule has 9 nitrogen and oxygen atoms in total. The van der Waals surface area contributed by atoms with Crippen LogP contribution in [0.3, 0.4) is 0 Å². The predicted molar refractivity (Wildman–Crippen MR) is 118 cm³/mol. The van der Waals surface area contributed by atoms with Crippen molar-refractivity contribution in [3.63, 3.8) is 0 Å². The van der Waals surface area contributed by atoms with E-state index in [-0.39, 0.29) is 17.1 Å². The first-order valence-corrected chi connectivity index (χ1v) is 12.1. The molecule has 0 saturated carbocycles. The summed E-state index contributed by atoms with van der Waals surface area (Å²) in [5, 5.41) is 0. The Morgan fingerprint density at radius 3 is 2.26 bits per heavy atom. The molecule has 1 aliphatic heterocycles. The van der Waals surface area contributed by atoms with Crippen LogP contribution in [-0.2, 0) is 26.6 Å². The molecule has 176 valence electrons. The summed E-state index contributed by atoms with van der Waals surface area (Å²) in [4.78, 5) is 29.0. The van der Waals surface area contributed by atoms with Gasteiger partial charge in [-0.2, -0.15) is 4.31 Å². The molecule has 0 N–H and O–H groups in total. The number of carbonyl (C=O) groups excluding carboxylic acids is 2. The molecule has 0 bridgehead atoms. The number of hydrogen-bond acceptors (Lipinski definition) is 6. The van der Waals surface area contributed by atoms with Gasteiger partial charge in [0, 0.05) is 39.4 Å². The topological polar surface area (TPSA) is 92.2 Å². The molecule has 0 aromatic carbocycles. The van der Waals surface area contributed by atoms with Crippen molar-refractivity contribution in [2.24, 2.45) is 7.05 Å². The molecule has 1 aromatic rings. The molecular formula is C21H36N4O5S. The first-order chi connectivity index (χ1) is 14.3. The highest BCUT2D eigenvalue weighted by Gasteiger charge is 2.30. The molecule has 1 aromatic heterocycles. The number of aryl methyl sites for hydroxylation is 1. The molecule has 31 heavy (non-hydrogen) atoms. The zero-order chi connectivity index (χ0) is 23.4. The lowest BCUT2D eigenvalue weighted by Crippen LogP contribution is -2.42. The van der Waals surface area contributed by atoms with Gasteiger partial charge in [-0.3, -0.25) is 9.59 Å². The number of likely N-dealkylation sites (N-methyl/N-ethyl adjacent to an activating group) is 1. The second-order valence-corrected chi connectivity index (χ2v) is 11.2. The lowest BCUT2D eigenvalue weighted by molar-refractivity contribution is -0.155. The number of amides is 1. The molecule has 1 aliphatic rings. The Morgan fingerprint density at radius 1 is 1.10 bits per heavy atom. The highest BCUT2D eigenvalue weighted by atomic mass is 32.2. The normalized spacial score (nSPS) is 15.8. The predicted octanol–water partition coefficient (Wildman–Crippen LogP) is 1.55. The van der Waals surface area contributed by atoms with E-state index < -0.39 is 27.5 Å². The van der Waals surface area contributed by atoms with Crippen LogP contribution in [0.2, 0.25) is 0 Å². The van der Waals surface area contributed by atoms with Gasteiger partial charge in [0.25, 0.3) is 5.91 Å². The fourth-order valence-corrected chi connectivity index (χ4v) is 5.00. The second-order valence-electron chi connectivity index (χ2n) is 9.25. The van der Waals surface area contributed by atoms with Crippen molar-refractivity contribution in [2.75, 3.05) is 46.8 Å². The van der Waals surface area contributed by atoms with Crippen LogP contribution in [-0.4, -0.2) is 91.4 Å². The maximum atomic E-state index is 13.3. The molecule has 0 aliphatic carbocycles. The summed E-state index contributed by atoms with van der Waals surface area (Å²) in [5.41, 5.74) is -0.438. The molecule has 0 unspecified atom stereocenters. The second kappa shape index (κ2) is 10.1. The first-order valence-electron chi connectivity index (χ1n) is 10.6. The van der Waals surface area contributed by atoms with Gasteiger partial charge < -0.3 is 19.1 Å². The summed E-state index contributed by atoms with van der Waals surface area (Å²) in [5.74, 6) is -0.912. The SMILES string of the molecule is CN(C)CCN(CC(=O)OC(C)(C)C)C(=O)c1cc(S(=O)(=O)N2CCCCC2)cn1C. The number of rotatable bonds is 8. The lowest BCUT2D eigenvalue weighted by atomic mass is 10.2. The van der Waals surface area contributed by atoms with Gasteiger partial charge in [0.2, 0.25) is 10.0 Å². The molecule has 1 amide bonds. The van der Waals surface area contributed by atoms with E-state index in [0.717, 1.165) is 19.3 Å². The van der Waals surface area contributed by atoms with Gasteiger partial charge in [0.05, 0.1) is 0 Å². The zero-order valence-corrected chi connectivity index (χ0v) is 20.4. The molecule has 0 spiro atoms. The van der Waals surface area contributed by atoms with Gasteiger partial charge in [0.1, 0.15) is 22.7 Å². The van der Waals surface area contributed by atoms with E-state index in [1.807, 2.05) is 19.0 Å². The highest BCUT2D eigenvalue weighted by Crippen LogP contribution is 2.23. The molecule has 1 fully saturated rings. The minimum absolute atomic E-state index is 0.102. The molecular weight excluding hydrogens is 420 g/mol. The van der Waals surface area contributed by atoms with Crippen molar-refractivity contribution in [2.45, 2.75) is 50.5 Å². The maximum absolute atomic E-state index is 13.3. The molecule has 1 saturated heterocycles. The van der Waals surface area contributed by atoms with E-state index in [0.29, 0.717) is 26.2 Å². The Bertz CT molecular complexity index is 880. The number of sulfonamides is 1. The van der Waals surface area contributed by atoms with Crippen LogP contribution in [0.1, 0.15) is 50.5 Å². The third kappa shape index (κ3) is 7.05. The summed E-state index contributed by atoms with van der Waals surface area (Å²) in [6, 6.07) is 1.41. The van der Waals surface area contributed by atoms with E-state index in [1.165, 1.54) is 26.0 Å². The van der Waals surface area contributed by atoms with Crippen LogP contribution >= 0.6 is 0 Å². The van der Waals surface area contributed by atoms with Crippen molar-refractivity contribution in [1.29, 1.82) is 0 Å². The Morgan fingerprint density at radius 2 is 1.71 bits per heavy atom. The van der Waals surface area contributed by atoms with E-state index >= 15 is 0 Å². The fraction of sp³-hybridized carbons (Fsp3) is 0.714. The average Bonchev–Trinajstić information content (AvgIpc) is 3.06. The summed E-state index contributed by atoms with van der Waals surface area (Å²) in [6.07, 6.45) is 4.17. The van der Waals surface area contributed by atoms with Gasteiger partial charge in [-0.05, 0) is 53.8 Å². The Hall–Kier alpha value is -1.91.